The van der Waals surface area contributed by atoms with E-state index in [2.05, 4.69) is 4.72 Å². The van der Waals surface area contributed by atoms with Gasteiger partial charge in [0.15, 0.2) is 11.6 Å². The van der Waals surface area contributed by atoms with Crippen LogP contribution < -0.4 is 10.5 Å². The lowest BCUT2D eigenvalue weighted by Gasteiger charge is -2.23. The lowest BCUT2D eigenvalue weighted by Crippen LogP contribution is -2.34. The van der Waals surface area contributed by atoms with Crippen LogP contribution in [0.15, 0.2) is 17.0 Å². The number of nitrogens with one attached hydrogen (secondary N) is 1. The first-order chi connectivity index (χ1) is 9.23. The summed E-state index contributed by atoms with van der Waals surface area (Å²) in [5.74, 6) is -2.67. The molecule has 1 aromatic rings. The molecule has 0 amide bonds. The first-order valence-corrected chi connectivity index (χ1v) is 7.96. The van der Waals surface area contributed by atoms with Gasteiger partial charge in [0.2, 0.25) is 10.0 Å². The van der Waals surface area contributed by atoms with Gasteiger partial charge in [-0.2, -0.15) is 0 Å². The molecule has 1 saturated carbocycles. The molecular formula is C13H18F2N2O2S. The highest BCUT2D eigenvalue weighted by atomic mass is 32.2. The Morgan fingerprint density at radius 3 is 2.50 bits per heavy atom. The van der Waals surface area contributed by atoms with E-state index in [0.717, 1.165) is 37.8 Å². The van der Waals surface area contributed by atoms with Crippen molar-refractivity contribution >= 4 is 15.7 Å². The van der Waals surface area contributed by atoms with Gasteiger partial charge in [0.05, 0.1) is 0 Å². The summed E-state index contributed by atoms with van der Waals surface area (Å²) in [4.78, 5) is -0.739. The average molecular weight is 304 g/mol. The van der Waals surface area contributed by atoms with Crippen molar-refractivity contribution in [2.75, 3.05) is 12.3 Å². The third-order valence-corrected chi connectivity index (χ3v) is 5.21. The molecule has 0 bridgehead atoms. The number of nitrogen functional groups attached to an aromatic ring is 1. The molecule has 1 aliphatic rings. The topological polar surface area (TPSA) is 72.2 Å². The average Bonchev–Trinajstić information content (AvgIpc) is 2.79. The lowest BCUT2D eigenvalue weighted by molar-refractivity contribution is 0.336. The predicted octanol–water partition coefficient (Wildman–Crippen LogP) is 2.41. The molecule has 0 aromatic heterocycles. The zero-order chi connectivity index (χ0) is 15.0. The summed E-state index contributed by atoms with van der Waals surface area (Å²) in [5, 5.41) is 0. The minimum atomic E-state index is -4.11. The summed E-state index contributed by atoms with van der Waals surface area (Å²) in [6.45, 7) is 2.20. The molecule has 2 rings (SSSR count). The van der Waals surface area contributed by atoms with Crippen molar-refractivity contribution in [1.82, 2.24) is 4.72 Å². The molecule has 0 atom stereocenters. The maximum Gasteiger partial charge on any atom is 0.243 e. The third-order valence-electron chi connectivity index (χ3n) is 3.81. The van der Waals surface area contributed by atoms with E-state index in [1.54, 1.807) is 0 Å². The molecular weight excluding hydrogens is 286 g/mol. The van der Waals surface area contributed by atoms with Crippen molar-refractivity contribution in [1.29, 1.82) is 0 Å². The van der Waals surface area contributed by atoms with Crippen LogP contribution in [0.4, 0.5) is 14.5 Å². The van der Waals surface area contributed by atoms with Gasteiger partial charge in [0.1, 0.15) is 4.90 Å². The molecule has 1 fully saturated rings. The van der Waals surface area contributed by atoms with E-state index in [1.807, 2.05) is 6.92 Å². The van der Waals surface area contributed by atoms with Crippen LogP contribution in [0, 0.1) is 17.0 Å². The zero-order valence-electron chi connectivity index (χ0n) is 11.2. The SMILES string of the molecule is CC1(CNS(=O)(=O)c2cc(N)cc(F)c2F)CCCC1. The van der Waals surface area contributed by atoms with Crippen LogP contribution >= 0.6 is 0 Å². The molecule has 1 aromatic carbocycles. The summed E-state index contributed by atoms with van der Waals surface area (Å²) in [7, 11) is -4.11. The minimum absolute atomic E-state index is 0.123. The number of halogens is 2. The van der Waals surface area contributed by atoms with Crippen molar-refractivity contribution in [3.8, 4) is 0 Å². The molecule has 0 spiro atoms. The highest BCUT2D eigenvalue weighted by Gasteiger charge is 2.31. The van der Waals surface area contributed by atoms with Crippen LogP contribution in [0.2, 0.25) is 0 Å². The van der Waals surface area contributed by atoms with Gasteiger partial charge in [-0.05, 0) is 30.4 Å². The number of benzene rings is 1. The predicted molar refractivity (Wildman–Crippen MR) is 72.5 cm³/mol. The molecule has 0 heterocycles. The fourth-order valence-corrected chi connectivity index (χ4v) is 3.85. The molecule has 0 saturated heterocycles. The molecule has 1 aliphatic carbocycles. The van der Waals surface area contributed by atoms with E-state index in [-0.39, 0.29) is 17.6 Å². The second-order valence-corrected chi connectivity index (χ2v) is 7.39. The summed E-state index contributed by atoms with van der Waals surface area (Å²) < 4.78 is 53.4. The summed E-state index contributed by atoms with van der Waals surface area (Å²) in [6, 6.07) is 1.68. The van der Waals surface area contributed by atoms with E-state index < -0.39 is 26.6 Å². The smallest absolute Gasteiger partial charge is 0.243 e. The zero-order valence-corrected chi connectivity index (χ0v) is 12.1. The van der Waals surface area contributed by atoms with Gasteiger partial charge in [0.25, 0.3) is 0 Å². The van der Waals surface area contributed by atoms with Crippen LogP contribution in [0.25, 0.3) is 0 Å². The summed E-state index contributed by atoms with van der Waals surface area (Å²) in [6.07, 6.45) is 3.95. The summed E-state index contributed by atoms with van der Waals surface area (Å²) in [5.41, 5.74) is 5.12. The first kappa shape index (κ1) is 15.2. The Morgan fingerprint density at radius 1 is 1.30 bits per heavy atom. The number of hydrogen-bond donors (Lipinski definition) is 2. The van der Waals surface area contributed by atoms with Gasteiger partial charge in [-0.3, -0.25) is 0 Å². The van der Waals surface area contributed by atoms with Gasteiger partial charge < -0.3 is 5.73 Å². The van der Waals surface area contributed by atoms with Crippen LogP contribution in [-0.4, -0.2) is 15.0 Å². The van der Waals surface area contributed by atoms with Crippen molar-refractivity contribution < 1.29 is 17.2 Å². The quantitative estimate of drug-likeness (QED) is 0.839. The van der Waals surface area contributed by atoms with E-state index in [9.17, 15) is 17.2 Å². The fourth-order valence-electron chi connectivity index (χ4n) is 2.53. The van der Waals surface area contributed by atoms with E-state index in [1.165, 1.54) is 0 Å². The van der Waals surface area contributed by atoms with Crippen LogP contribution in [0.5, 0.6) is 0 Å². The third kappa shape index (κ3) is 3.09. The highest BCUT2D eigenvalue weighted by molar-refractivity contribution is 7.89. The number of anilines is 1. The Morgan fingerprint density at radius 2 is 1.90 bits per heavy atom. The van der Waals surface area contributed by atoms with Gasteiger partial charge in [-0.1, -0.05) is 19.8 Å². The van der Waals surface area contributed by atoms with Crippen molar-refractivity contribution in [2.24, 2.45) is 5.41 Å². The molecule has 0 unspecified atom stereocenters. The normalized spacial score (nSPS) is 18.4. The van der Waals surface area contributed by atoms with Gasteiger partial charge in [0, 0.05) is 12.2 Å². The van der Waals surface area contributed by atoms with Crippen LogP contribution in [0.3, 0.4) is 0 Å². The van der Waals surface area contributed by atoms with Gasteiger partial charge >= 0.3 is 0 Å². The van der Waals surface area contributed by atoms with Gasteiger partial charge in [-0.15, -0.1) is 0 Å². The number of nitrogens with two attached hydrogens (primary N) is 1. The van der Waals surface area contributed by atoms with Crippen molar-refractivity contribution in [2.45, 2.75) is 37.5 Å². The molecule has 0 aliphatic heterocycles. The number of hydrogen-bond acceptors (Lipinski definition) is 3. The number of rotatable bonds is 4. The van der Waals surface area contributed by atoms with Gasteiger partial charge in [-0.25, -0.2) is 21.9 Å². The lowest BCUT2D eigenvalue weighted by atomic mass is 9.89. The Balaban J connectivity index is 2.22. The Labute approximate surface area is 117 Å². The summed E-state index contributed by atoms with van der Waals surface area (Å²) >= 11 is 0. The van der Waals surface area contributed by atoms with Crippen molar-refractivity contribution in [3.05, 3.63) is 23.8 Å². The second kappa shape index (κ2) is 5.29. The molecule has 3 N–H and O–H groups in total. The Bertz CT molecular complexity index is 611. The van der Waals surface area contributed by atoms with E-state index in [4.69, 9.17) is 5.73 Å². The first-order valence-electron chi connectivity index (χ1n) is 6.48. The number of sulfonamides is 1. The Kier molecular flexibility index (Phi) is 4.02. The van der Waals surface area contributed by atoms with Crippen molar-refractivity contribution in [3.63, 3.8) is 0 Å². The van der Waals surface area contributed by atoms with E-state index in [0.29, 0.717) is 0 Å². The van der Waals surface area contributed by atoms with E-state index >= 15 is 0 Å². The molecule has 0 radical (unpaired) electrons. The largest absolute Gasteiger partial charge is 0.399 e. The molecule has 7 heteroatoms. The second-order valence-electron chi connectivity index (χ2n) is 5.66. The monoisotopic (exact) mass is 304 g/mol. The minimum Gasteiger partial charge on any atom is -0.399 e. The van der Waals surface area contributed by atoms with Crippen LogP contribution in [-0.2, 0) is 10.0 Å². The highest BCUT2D eigenvalue weighted by Crippen LogP contribution is 2.37. The standard InChI is InChI=1S/C13H18F2N2O2S/c1-13(4-2-3-5-13)8-17-20(18,19)11-7-9(16)6-10(14)12(11)15/h6-7,17H,2-5,8,16H2,1H3. The maximum absolute atomic E-state index is 13.6. The molecule has 20 heavy (non-hydrogen) atoms. The molecule has 112 valence electrons. The maximum atomic E-state index is 13.6. The van der Waals surface area contributed by atoms with Crippen LogP contribution in [0.1, 0.15) is 32.6 Å². The molecule has 4 nitrogen and oxygen atoms in total. The fraction of sp³-hybridized carbons (Fsp3) is 0.538. The Hall–Kier alpha value is -1.21.